The number of nitrogens with one attached hydrogen (secondary N) is 1. The lowest BCUT2D eigenvalue weighted by Crippen LogP contribution is -2.36. The largest absolute Gasteiger partial charge is 0.486 e. The Balaban J connectivity index is 1.99. The molecule has 1 amide bonds. The van der Waals surface area contributed by atoms with Gasteiger partial charge in [-0.1, -0.05) is 0 Å². The molecule has 0 radical (unpaired) electrons. The van der Waals surface area contributed by atoms with Crippen LogP contribution in [0.15, 0.2) is 47.4 Å². The lowest BCUT2D eigenvalue weighted by atomic mass is 10.2. The summed E-state index contributed by atoms with van der Waals surface area (Å²) in [4.78, 5) is 23.0. The van der Waals surface area contributed by atoms with Gasteiger partial charge in [0.2, 0.25) is 5.91 Å². The first-order valence-corrected chi connectivity index (χ1v) is 10.1. The quantitative estimate of drug-likeness (QED) is 0.709. The molecule has 1 heterocycles. The number of ether oxygens (including phenoxy) is 3. The number of esters is 1. The summed E-state index contributed by atoms with van der Waals surface area (Å²) in [6.45, 7) is 1.57. The summed E-state index contributed by atoms with van der Waals surface area (Å²) in [6.07, 6.45) is 0. The van der Waals surface area contributed by atoms with Crippen molar-refractivity contribution in [1.29, 1.82) is 0 Å². The molecule has 0 saturated heterocycles. The molecule has 3 rings (SSSR count). The summed E-state index contributed by atoms with van der Waals surface area (Å²) in [5.41, 5.74) is 0.681. The van der Waals surface area contributed by atoms with Crippen LogP contribution in [0, 0.1) is 0 Å². The van der Waals surface area contributed by atoms with E-state index in [4.69, 9.17) is 9.47 Å². The first-order valence-electron chi connectivity index (χ1n) is 8.68. The average Bonchev–Trinajstić information content (AvgIpc) is 2.71. The van der Waals surface area contributed by atoms with Gasteiger partial charge in [0.15, 0.2) is 11.5 Å². The number of carbonyl (C=O) groups is 2. The SMILES string of the molecule is COC(=O)CN(c1ccc2c(c1)OCCO2)S(=O)(=O)c1ccc(NC(C)=O)cc1. The highest BCUT2D eigenvalue weighted by Crippen LogP contribution is 2.35. The zero-order valence-electron chi connectivity index (χ0n) is 15.9. The minimum absolute atomic E-state index is 0.0506. The van der Waals surface area contributed by atoms with E-state index in [1.165, 1.54) is 50.4 Å². The molecular weight excluding hydrogens is 400 g/mol. The van der Waals surface area contributed by atoms with Crippen molar-refractivity contribution < 1.29 is 32.2 Å². The monoisotopic (exact) mass is 420 g/mol. The molecule has 10 heteroatoms. The number of hydrogen-bond donors (Lipinski definition) is 1. The van der Waals surface area contributed by atoms with Crippen LogP contribution < -0.4 is 19.1 Å². The second-order valence-electron chi connectivity index (χ2n) is 6.12. The fourth-order valence-electron chi connectivity index (χ4n) is 2.72. The number of nitrogens with zero attached hydrogens (tertiary/aromatic N) is 1. The summed E-state index contributed by atoms with van der Waals surface area (Å²) in [6, 6.07) is 10.2. The highest BCUT2D eigenvalue weighted by atomic mass is 32.2. The van der Waals surface area contributed by atoms with E-state index in [1.54, 1.807) is 6.07 Å². The summed E-state index contributed by atoms with van der Waals surface area (Å²) in [7, 11) is -2.93. The maximum Gasteiger partial charge on any atom is 0.326 e. The van der Waals surface area contributed by atoms with Crippen LogP contribution in [0.5, 0.6) is 11.5 Å². The lowest BCUT2D eigenvalue weighted by Gasteiger charge is -2.25. The van der Waals surface area contributed by atoms with Crippen LogP contribution in [0.1, 0.15) is 6.92 Å². The van der Waals surface area contributed by atoms with E-state index in [1.807, 2.05) is 0 Å². The van der Waals surface area contributed by atoms with E-state index in [9.17, 15) is 18.0 Å². The van der Waals surface area contributed by atoms with Crippen LogP contribution in [-0.2, 0) is 24.3 Å². The van der Waals surface area contributed by atoms with Crippen molar-refractivity contribution in [1.82, 2.24) is 0 Å². The number of carbonyl (C=O) groups excluding carboxylic acids is 2. The van der Waals surface area contributed by atoms with Gasteiger partial charge in [0.1, 0.15) is 19.8 Å². The van der Waals surface area contributed by atoms with E-state index in [0.717, 1.165) is 4.31 Å². The summed E-state index contributed by atoms with van der Waals surface area (Å²) < 4.78 is 43.1. The number of benzene rings is 2. The standard InChI is InChI=1S/C19H20N2O7S/c1-13(22)20-14-3-6-16(7-4-14)29(24,25)21(12-19(23)26-2)15-5-8-17-18(11-15)28-10-9-27-17/h3-8,11H,9-10,12H2,1-2H3,(H,20,22). The predicted molar refractivity (Wildman–Crippen MR) is 105 cm³/mol. The van der Waals surface area contributed by atoms with Crippen molar-refractivity contribution in [2.45, 2.75) is 11.8 Å². The molecule has 0 spiro atoms. The van der Waals surface area contributed by atoms with Gasteiger partial charge in [-0.15, -0.1) is 0 Å². The number of hydrogen-bond acceptors (Lipinski definition) is 7. The maximum atomic E-state index is 13.2. The highest BCUT2D eigenvalue weighted by Gasteiger charge is 2.29. The Hall–Kier alpha value is -3.27. The molecule has 0 bridgehead atoms. The first-order chi connectivity index (χ1) is 13.8. The van der Waals surface area contributed by atoms with Crippen molar-refractivity contribution in [3.05, 3.63) is 42.5 Å². The fraction of sp³-hybridized carbons (Fsp3) is 0.263. The van der Waals surface area contributed by atoms with Gasteiger partial charge in [-0.3, -0.25) is 13.9 Å². The van der Waals surface area contributed by atoms with Crippen LogP contribution in [0.4, 0.5) is 11.4 Å². The Morgan fingerprint density at radius 1 is 1.07 bits per heavy atom. The molecule has 29 heavy (non-hydrogen) atoms. The zero-order valence-corrected chi connectivity index (χ0v) is 16.7. The molecule has 154 valence electrons. The number of methoxy groups -OCH3 is 1. The summed E-state index contributed by atoms with van der Waals surface area (Å²) >= 11 is 0. The van der Waals surface area contributed by atoms with Gasteiger partial charge >= 0.3 is 5.97 Å². The molecule has 0 atom stereocenters. The van der Waals surface area contributed by atoms with Gasteiger partial charge in [0.25, 0.3) is 10.0 Å². The lowest BCUT2D eigenvalue weighted by molar-refractivity contribution is -0.138. The smallest absolute Gasteiger partial charge is 0.326 e. The molecule has 1 aliphatic heterocycles. The third-order valence-corrected chi connectivity index (χ3v) is 5.86. The van der Waals surface area contributed by atoms with Gasteiger partial charge in [-0.2, -0.15) is 0 Å². The molecule has 0 saturated carbocycles. The second kappa shape index (κ2) is 8.39. The average molecular weight is 420 g/mol. The Kier molecular flexibility index (Phi) is 5.92. The first kappa shape index (κ1) is 20.5. The zero-order chi connectivity index (χ0) is 21.0. The number of anilines is 2. The van der Waals surface area contributed by atoms with Crippen LogP contribution >= 0.6 is 0 Å². The van der Waals surface area contributed by atoms with Crippen molar-refractivity contribution in [3.63, 3.8) is 0 Å². The number of amides is 1. The maximum absolute atomic E-state index is 13.2. The Labute approximate surface area is 168 Å². The van der Waals surface area contributed by atoms with Crippen LogP contribution in [0.2, 0.25) is 0 Å². The van der Waals surface area contributed by atoms with Gasteiger partial charge in [0, 0.05) is 18.7 Å². The van der Waals surface area contributed by atoms with Crippen LogP contribution in [0.25, 0.3) is 0 Å². The third-order valence-electron chi connectivity index (χ3n) is 4.08. The van der Waals surface area contributed by atoms with Crippen LogP contribution in [-0.4, -0.2) is 47.2 Å². The van der Waals surface area contributed by atoms with Crippen molar-refractivity contribution in [3.8, 4) is 11.5 Å². The summed E-state index contributed by atoms with van der Waals surface area (Å²) in [5, 5.41) is 2.57. The molecule has 2 aromatic carbocycles. The minimum Gasteiger partial charge on any atom is -0.486 e. The van der Waals surface area contributed by atoms with Gasteiger partial charge in [-0.25, -0.2) is 8.42 Å². The summed E-state index contributed by atoms with van der Waals surface area (Å²) in [5.74, 6) is -0.113. The van der Waals surface area contributed by atoms with Gasteiger partial charge < -0.3 is 19.5 Å². The molecule has 2 aromatic rings. The number of fused-ring (bicyclic) bond motifs is 1. The molecule has 0 aliphatic carbocycles. The van der Waals surface area contributed by atoms with Crippen molar-refractivity contribution in [2.75, 3.05) is 36.5 Å². The molecule has 0 aromatic heterocycles. The van der Waals surface area contributed by atoms with Crippen LogP contribution in [0.3, 0.4) is 0 Å². The number of sulfonamides is 1. The molecule has 1 N–H and O–H groups in total. The Morgan fingerprint density at radius 2 is 1.72 bits per heavy atom. The van der Waals surface area contributed by atoms with Gasteiger partial charge in [0.05, 0.1) is 17.7 Å². The second-order valence-corrected chi connectivity index (χ2v) is 7.98. The molecular formula is C19H20N2O7S. The normalized spacial score (nSPS) is 12.8. The van der Waals surface area contributed by atoms with E-state index in [0.29, 0.717) is 30.4 Å². The number of rotatable bonds is 6. The highest BCUT2D eigenvalue weighted by molar-refractivity contribution is 7.92. The van der Waals surface area contributed by atoms with E-state index < -0.39 is 22.5 Å². The Morgan fingerprint density at radius 3 is 2.34 bits per heavy atom. The molecule has 0 fully saturated rings. The van der Waals surface area contributed by atoms with E-state index in [2.05, 4.69) is 10.1 Å². The van der Waals surface area contributed by atoms with E-state index in [-0.39, 0.29) is 16.5 Å². The fourth-order valence-corrected chi connectivity index (χ4v) is 4.13. The topological polar surface area (TPSA) is 111 Å². The van der Waals surface area contributed by atoms with Gasteiger partial charge in [-0.05, 0) is 36.4 Å². The molecule has 1 aliphatic rings. The molecule has 0 unspecified atom stereocenters. The van der Waals surface area contributed by atoms with Crippen molar-refractivity contribution >= 4 is 33.3 Å². The minimum atomic E-state index is -4.11. The van der Waals surface area contributed by atoms with E-state index >= 15 is 0 Å². The predicted octanol–water partition coefficient (Wildman–Crippen LogP) is 1.78. The Bertz CT molecular complexity index is 1020. The molecule has 9 nitrogen and oxygen atoms in total. The van der Waals surface area contributed by atoms with Crippen molar-refractivity contribution in [2.24, 2.45) is 0 Å². The third kappa shape index (κ3) is 4.60.